The van der Waals surface area contributed by atoms with E-state index in [2.05, 4.69) is 23.4 Å². The molecule has 0 radical (unpaired) electrons. The summed E-state index contributed by atoms with van der Waals surface area (Å²) in [6.45, 7) is 10.0. The van der Waals surface area contributed by atoms with Gasteiger partial charge in [0.25, 0.3) is 0 Å². The lowest BCUT2D eigenvalue weighted by atomic mass is 9.99. The highest BCUT2D eigenvalue weighted by atomic mass is 19.1. The molecule has 1 aliphatic rings. The van der Waals surface area contributed by atoms with Gasteiger partial charge in [0.1, 0.15) is 5.82 Å². The molecule has 114 valence electrons. The maximum absolute atomic E-state index is 15.0. The van der Waals surface area contributed by atoms with Crippen LogP contribution in [0, 0.1) is 19.7 Å². The van der Waals surface area contributed by atoms with Gasteiger partial charge in [-0.2, -0.15) is 0 Å². The molecular weight excluding hydrogens is 275 g/mol. The average Bonchev–Trinajstić information content (AvgIpc) is 2.83. The zero-order valence-electron chi connectivity index (χ0n) is 13.4. The Balaban J connectivity index is 2.10. The minimum Gasteiger partial charge on any atom is -0.343 e. The van der Waals surface area contributed by atoms with Gasteiger partial charge in [-0.15, -0.1) is 0 Å². The molecule has 1 aliphatic heterocycles. The van der Waals surface area contributed by atoms with E-state index in [0.717, 1.165) is 35.5 Å². The first-order valence-corrected chi connectivity index (χ1v) is 7.68. The first-order valence-electron chi connectivity index (χ1n) is 7.68. The van der Waals surface area contributed by atoms with Crippen LogP contribution in [0.2, 0.25) is 0 Å². The van der Waals surface area contributed by atoms with Gasteiger partial charge < -0.3 is 4.90 Å². The number of halogens is 1. The number of pyridine rings is 1. The Kier molecular flexibility index (Phi) is 3.73. The minimum atomic E-state index is -0.166. The highest BCUT2D eigenvalue weighted by Crippen LogP contribution is 2.38. The van der Waals surface area contributed by atoms with Crippen molar-refractivity contribution in [3.63, 3.8) is 0 Å². The number of hydrogen-bond acceptors (Lipinski definition) is 2. The Bertz CT molecular complexity index is 736. The van der Waals surface area contributed by atoms with Crippen molar-refractivity contribution in [3.8, 4) is 11.1 Å². The zero-order valence-corrected chi connectivity index (χ0v) is 13.4. The van der Waals surface area contributed by atoms with E-state index in [9.17, 15) is 4.39 Å². The largest absolute Gasteiger partial charge is 0.343 e. The second-order valence-corrected chi connectivity index (χ2v) is 6.03. The number of aryl methyl sites for hydroxylation is 1. The molecule has 2 aromatic rings. The van der Waals surface area contributed by atoms with Crippen LogP contribution in [0.5, 0.6) is 0 Å². The Morgan fingerprint density at radius 3 is 2.64 bits per heavy atom. The summed E-state index contributed by atoms with van der Waals surface area (Å²) in [7, 11) is 0. The fourth-order valence-corrected chi connectivity index (χ4v) is 3.26. The number of nitrogens with zero attached hydrogens (tertiary/aromatic N) is 2. The first kappa shape index (κ1) is 14.8. The molecule has 1 fully saturated rings. The van der Waals surface area contributed by atoms with E-state index < -0.39 is 0 Å². The molecule has 2 heterocycles. The smallest absolute Gasteiger partial charge is 0.136 e. The predicted molar refractivity (Wildman–Crippen MR) is 89.4 cm³/mol. The fourth-order valence-electron chi connectivity index (χ4n) is 3.26. The van der Waals surface area contributed by atoms with Gasteiger partial charge in [0.05, 0.1) is 0 Å². The van der Waals surface area contributed by atoms with Gasteiger partial charge in [-0.05, 0) is 51.8 Å². The van der Waals surface area contributed by atoms with Crippen LogP contribution >= 0.6 is 0 Å². The summed E-state index contributed by atoms with van der Waals surface area (Å²) in [5.41, 5.74) is 4.98. The third-order valence-corrected chi connectivity index (χ3v) is 4.55. The number of aromatic nitrogens is 1. The van der Waals surface area contributed by atoms with Crippen LogP contribution in [-0.2, 0) is 0 Å². The number of rotatable bonds is 2. The van der Waals surface area contributed by atoms with E-state index in [1.54, 1.807) is 6.20 Å². The molecule has 0 spiro atoms. The molecule has 0 aliphatic carbocycles. The van der Waals surface area contributed by atoms with Gasteiger partial charge in [0.15, 0.2) is 0 Å². The van der Waals surface area contributed by atoms with Crippen molar-refractivity contribution in [1.82, 2.24) is 4.98 Å². The van der Waals surface area contributed by atoms with Gasteiger partial charge in [0, 0.05) is 46.0 Å². The highest BCUT2D eigenvalue weighted by molar-refractivity contribution is 5.72. The molecule has 1 atom stereocenters. The van der Waals surface area contributed by atoms with E-state index in [1.165, 1.54) is 0 Å². The second kappa shape index (κ2) is 5.56. The Hall–Kier alpha value is -2.16. The monoisotopic (exact) mass is 296 g/mol. The maximum atomic E-state index is 15.0. The lowest BCUT2D eigenvalue weighted by molar-refractivity contribution is 0.620. The van der Waals surface area contributed by atoms with Crippen LogP contribution in [0.3, 0.4) is 0 Å². The molecule has 1 saturated heterocycles. The summed E-state index contributed by atoms with van der Waals surface area (Å²) in [5.74, 6) is -0.166. The molecule has 0 saturated carbocycles. The van der Waals surface area contributed by atoms with E-state index in [1.807, 2.05) is 38.1 Å². The third kappa shape index (κ3) is 2.31. The summed E-state index contributed by atoms with van der Waals surface area (Å²) in [5, 5.41) is 0. The van der Waals surface area contributed by atoms with Gasteiger partial charge >= 0.3 is 0 Å². The number of allylic oxidation sites excluding steroid dienone is 1. The molecule has 1 aromatic carbocycles. The molecule has 0 N–H and O–H groups in total. The quantitative estimate of drug-likeness (QED) is 0.774. The summed E-state index contributed by atoms with van der Waals surface area (Å²) >= 11 is 0. The van der Waals surface area contributed by atoms with Gasteiger partial charge in [-0.25, -0.2) is 4.39 Å². The minimum absolute atomic E-state index is 0.166. The van der Waals surface area contributed by atoms with Crippen LogP contribution in [-0.4, -0.2) is 11.0 Å². The Morgan fingerprint density at radius 1 is 1.23 bits per heavy atom. The molecule has 1 aromatic heterocycles. The van der Waals surface area contributed by atoms with Crippen molar-refractivity contribution in [2.45, 2.75) is 39.7 Å². The van der Waals surface area contributed by atoms with Crippen LogP contribution in [0.4, 0.5) is 10.1 Å². The molecule has 3 rings (SSSR count). The van der Waals surface area contributed by atoms with E-state index in [-0.39, 0.29) is 5.82 Å². The zero-order chi connectivity index (χ0) is 15.9. The van der Waals surface area contributed by atoms with Crippen molar-refractivity contribution in [1.29, 1.82) is 0 Å². The van der Waals surface area contributed by atoms with E-state index in [0.29, 0.717) is 17.2 Å². The Morgan fingerprint density at radius 2 is 2.00 bits per heavy atom. The second-order valence-electron chi connectivity index (χ2n) is 6.03. The van der Waals surface area contributed by atoms with Crippen LogP contribution in [0.15, 0.2) is 42.7 Å². The third-order valence-electron chi connectivity index (χ3n) is 4.55. The summed E-state index contributed by atoms with van der Waals surface area (Å²) in [6, 6.07) is 8.00. The van der Waals surface area contributed by atoms with Crippen molar-refractivity contribution in [2.24, 2.45) is 0 Å². The van der Waals surface area contributed by atoms with E-state index in [4.69, 9.17) is 0 Å². The summed E-state index contributed by atoms with van der Waals surface area (Å²) < 4.78 is 15.0. The molecular formula is C19H21FN2. The summed E-state index contributed by atoms with van der Waals surface area (Å²) in [6.07, 6.45) is 3.78. The molecule has 0 bridgehead atoms. The van der Waals surface area contributed by atoms with Crippen LogP contribution < -0.4 is 4.90 Å². The lowest BCUT2D eigenvalue weighted by Crippen LogP contribution is -2.25. The Labute approximate surface area is 131 Å². The SMILES string of the molecule is C=C1CCC(C)N1c1ccc(-c2cccnc2C)c(F)c1C. The maximum Gasteiger partial charge on any atom is 0.136 e. The summed E-state index contributed by atoms with van der Waals surface area (Å²) in [4.78, 5) is 6.42. The van der Waals surface area contributed by atoms with E-state index >= 15 is 0 Å². The van der Waals surface area contributed by atoms with Crippen molar-refractivity contribution >= 4 is 5.69 Å². The average molecular weight is 296 g/mol. The van der Waals surface area contributed by atoms with Gasteiger partial charge in [-0.1, -0.05) is 12.6 Å². The van der Waals surface area contributed by atoms with Crippen LogP contribution in [0.1, 0.15) is 31.0 Å². The fraction of sp³-hybridized carbons (Fsp3) is 0.316. The van der Waals surface area contributed by atoms with Crippen molar-refractivity contribution in [2.75, 3.05) is 4.90 Å². The normalized spacial score (nSPS) is 18.1. The van der Waals surface area contributed by atoms with Crippen LogP contribution in [0.25, 0.3) is 11.1 Å². The molecule has 22 heavy (non-hydrogen) atoms. The molecule has 1 unspecified atom stereocenters. The number of hydrogen-bond donors (Lipinski definition) is 0. The van der Waals surface area contributed by atoms with Gasteiger partial charge in [-0.3, -0.25) is 4.98 Å². The first-order chi connectivity index (χ1) is 10.5. The topological polar surface area (TPSA) is 16.1 Å². The van der Waals surface area contributed by atoms with Crippen molar-refractivity contribution < 1.29 is 4.39 Å². The van der Waals surface area contributed by atoms with Gasteiger partial charge in [0.2, 0.25) is 0 Å². The van der Waals surface area contributed by atoms with Crippen molar-refractivity contribution in [3.05, 3.63) is 59.8 Å². The number of anilines is 1. The predicted octanol–water partition coefficient (Wildman–Crippen LogP) is 5.01. The number of benzene rings is 1. The highest BCUT2D eigenvalue weighted by Gasteiger charge is 2.27. The molecule has 2 nitrogen and oxygen atoms in total. The standard InChI is InChI=1S/C19H21FN2/c1-12-7-8-13(2)22(12)18-10-9-17(19(20)14(18)3)16-6-5-11-21-15(16)4/h5-6,9-11,13H,1,7-8H2,2-4H3. The lowest BCUT2D eigenvalue weighted by Gasteiger charge is -2.27. The molecule has 0 amide bonds. The molecule has 3 heteroatoms.